The van der Waals surface area contributed by atoms with Gasteiger partial charge in [0, 0.05) is 0 Å². The SMILES string of the molecule is CCC[CH2][Sn+]([CH2]CCC)[CH2]CCC.CCC[CH2][Sn+]([CH2]CCC)[CH2]CCC.CCC[CH2][Sn+]([CH2]CCC)[CH2]CCC.[O-]P([O-])[O-]. The third-order valence-electron chi connectivity index (χ3n) is 7.95. The van der Waals surface area contributed by atoms with E-state index in [1.54, 1.807) is 39.9 Å². The van der Waals surface area contributed by atoms with Gasteiger partial charge in [0.25, 0.3) is 0 Å². The van der Waals surface area contributed by atoms with E-state index in [0.29, 0.717) is 0 Å². The molecule has 43 heavy (non-hydrogen) atoms. The van der Waals surface area contributed by atoms with Crippen LogP contribution in [-0.4, -0.2) is 59.3 Å². The molecule has 0 saturated heterocycles. The maximum atomic E-state index is 8.48. The fourth-order valence-electron chi connectivity index (χ4n) is 4.97. The second kappa shape index (κ2) is 49.1. The van der Waals surface area contributed by atoms with Crippen LogP contribution in [0.15, 0.2) is 0 Å². The molecule has 7 heteroatoms. The topological polar surface area (TPSA) is 69.2 Å². The van der Waals surface area contributed by atoms with Crippen molar-refractivity contribution in [2.24, 2.45) is 0 Å². The fourth-order valence-corrected chi connectivity index (χ4v) is 33.3. The van der Waals surface area contributed by atoms with Gasteiger partial charge in [0.1, 0.15) is 0 Å². The summed E-state index contributed by atoms with van der Waals surface area (Å²) in [6.45, 7) is 21.0. The number of hydrogen-bond acceptors (Lipinski definition) is 3. The molecule has 0 unspecified atom stereocenters. The third-order valence-corrected chi connectivity index (χ3v) is 35.2. The van der Waals surface area contributed by atoms with Crippen molar-refractivity contribution in [1.82, 2.24) is 0 Å². The largest absolute Gasteiger partial charge is 0.854 e. The molecule has 0 radical (unpaired) electrons. The molecule has 0 N–H and O–H groups in total. The van der Waals surface area contributed by atoms with Gasteiger partial charge in [0.2, 0.25) is 0 Å². The molecule has 0 fully saturated rings. The average Bonchev–Trinajstić information content (AvgIpc) is 3.00. The molecule has 0 aliphatic heterocycles. The maximum absolute atomic E-state index is 8.48. The summed E-state index contributed by atoms with van der Waals surface area (Å²) in [5.74, 6) is 0. The Labute approximate surface area is 297 Å². The van der Waals surface area contributed by atoms with Gasteiger partial charge in [-0.15, -0.1) is 0 Å². The molecule has 0 aromatic carbocycles. The molecule has 0 amide bonds. The van der Waals surface area contributed by atoms with Crippen LogP contribution in [0.3, 0.4) is 0 Å². The van der Waals surface area contributed by atoms with Gasteiger partial charge in [-0.1, -0.05) is 0 Å². The van der Waals surface area contributed by atoms with Gasteiger partial charge in [-0.25, -0.2) is 0 Å². The Hall–Kier alpha value is 2.71. The van der Waals surface area contributed by atoms with Crippen LogP contribution in [0.2, 0.25) is 39.9 Å². The van der Waals surface area contributed by atoms with Crippen molar-refractivity contribution in [2.75, 3.05) is 0 Å². The average molecular weight is 949 g/mol. The molecule has 0 aromatic rings. The van der Waals surface area contributed by atoms with Gasteiger partial charge in [-0.05, 0) is 0 Å². The predicted molar refractivity (Wildman–Crippen MR) is 202 cm³/mol. The van der Waals surface area contributed by atoms with E-state index in [-0.39, 0.29) is 0 Å². The van der Waals surface area contributed by atoms with Gasteiger partial charge in [0.05, 0.1) is 0 Å². The summed E-state index contributed by atoms with van der Waals surface area (Å²) >= 11 is -2.52. The second-order valence-electron chi connectivity index (χ2n) is 12.4. The van der Waals surface area contributed by atoms with Crippen molar-refractivity contribution in [2.45, 2.75) is 218 Å². The van der Waals surface area contributed by atoms with Crippen LogP contribution in [0.25, 0.3) is 0 Å². The van der Waals surface area contributed by atoms with Crippen molar-refractivity contribution in [3.8, 4) is 0 Å². The van der Waals surface area contributed by atoms with Gasteiger partial charge in [-0.2, -0.15) is 0 Å². The van der Waals surface area contributed by atoms with Crippen molar-refractivity contribution < 1.29 is 14.7 Å². The van der Waals surface area contributed by atoms with Crippen LogP contribution in [0.1, 0.15) is 178 Å². The zero-order valence-electron chi connectivity index (χ0n) is 31.3. The normalized spacial score (nSPS) is 10.3. The van der Waals surface area contributed by atoms with Gasteiger partial charge in [0.15, 0.2) is 0 Å². The molecule has 0 aliphatic rings. The molecule has 0 aromatic heterocycles. The van der Waals surface area contributed by atoms with E-state index < -0.39 is 67.9 Å². The smallest absolute Gasteiger partial charge is 0.438 e. The Balaban J connectivity index is -0.000000249. The number of rotatable bonds is 27. The molecule has 0 bridgehead atoms. The molecule has 0 atom stereocenters. The molecule has 0 heterocycles. The van der Waals surface area contributed by atoms with E-state index in [2.05, 4.69) is 62.3 Å². The van der Waals surface area contributed by atoms with Crippen molar-refractivity contribution in [3.63, 3.8) is 0 Å². The molecule has 0 aliphatic carbocycles. The first-order valence-electron chi connectivity index (χ1n) is 19.1. The minimum atomic E-state index is -3.37. The van der Waals surface area contributed by atoms with E-state index >= 15 is 0 Å². The van der Waals surface area contributed by atoms with E-state index in [1.807, 2.05) is 0 Å². The summed E-state index contributed by atoms with van der Waals surface area (Å²) in [5.41, 5.74) is 0. The van der Waals surface area contributed by atoms with Crippen molar-refractivity contribution in [3.05, 3.63) is 0 Å². The molecular weight excluding hydrogens is 867 g/mol. The summed E-state index contributed by atoms with van der Waals surface area (Å²) in [5, 5.41) is 0. The summed E-state index contributed by atoms with van der Waals surface area (Å²) < 4.78 is 15.1. The minimum Gasteiger partial charge on any atom is -0.854 e. The van der Waals surface area contributed by atoms with Crippen LogP contribution in [-0.2, 0) is 0 Å². The summed E-state index contributed by atoms with van der Waals surface area (Å²) in [6.07, 6.45) is 26.5. The molecule has 0 spiro atoms. The quantitative estimate of drug-likeness (QED) is 0.0608. The Morgan fingerprint density at radius 1 is 0.279 bits per heavy atom. The Bertz CT molecular complexity index is 331. The molecule has 3 nitrogen and oxygen atoms in total. The summed E-state index contributed by atoms with van der Waals surface area (Å²) in [7, 11) is -3.37. The number of hydrogen-bond donors (Lipinski definition) is 0. The standard InChI is InChI=1S/9C4H9.O3P.3Sn/c9*1-3-4-2;1-4(2)3;;;/h9*1,3-4H2,2H3;;;;/q;;;;;;;;;-3;3*+1. The second-order valence-corrected chi connectivity index (χ2v) is 38.5. The zero-order chi connectivity index (χ0) is 33.4. The van der Waals surface area contributed by atoms with E-state index in [1.165, 1.54) is 116 Å². The van der Waals surface area contributed by atoms with Crippen LogP contribution in [0.4, 0.5) is 0 Å². The minimum absolute atomic E-state index is 0.839. The fraction of sp³-hybridized carbons (Fsp3) is 1.00. The van der Waals surface area contributed by atoms with Crippen molar-refractivity contribution in [1.29, 1.82) is 0 Å². The Kier molecular flexibility index (Phi) is 60.0. The Morgan fingerprint density at radius 2 is 0.372 bits per heavy atom. The zero-order valence-corrected chi connectivity index (χ0v) is 40.7. The maximum Gasteiger partial charge on any atom is -0.438 e. The molecule has 0 saturated carbocycles. The molecule has 260 valence electrons. The Morgan fingerprint density at radius 3 is 0.442 bits per heavy atom. The first-order valence-corrected chi connectivity index (χ1v) is 38.4. The van der Waals surface area contributed by atoms with E-state index in [4.69, 9.17) is 14.7 Å². The van der Waals surface area contributed by atoms with Gasteiger partial charge >= 0.3 is 277 Å². The van der Waals surface area contributed by atoms with Gasteiger partial charge < -0.3 is 23.3 Å². The molecular formula is C36H81O3PSn3. The van der Waals surface area contributed by atoms with Crippen LogP contribution >= 0.6 is 8.60 Å². The van der Waals surface area contributed by atoms with E-state index in [0.717, 1.165) is 0 Å². The third kappa shape index (κ3) is 54.4. The number of unbranched alkanes of at least 4 members (excludes halogenated alkanes) is 9. The predicted octanol–water partition coefficient (Wildman–Crippen LogP) is 11.9. The monoisotopic (exact) mass is 952 g/mol. The first-order chi connectivity index (χ1) is 20.8. The van der Waals surface area contributed by atoms with Gasteiger partial charge in [-0.3, -0.25) is 0 Å². The van der Waals surface area contributed by atoms with Crippen LogP contribution in [0, 0.1) is 0 Å². The first kappa shape index (κ1) is 52.5. The van der Waals surface area contributed by atoms with Crippen molar-refractivity contribution >= 4 is 67.9 Å². The molecule has 0 rings (SSSR count). The van der Waals surface area contributed by atoms with E-state index in [9.17, 15) is 0 Å². The summed E-state index contributed by atoms with van der Waals surface area (Å²) in [6, 6.07) is 0. The van der Waals surface area contributed by atoms with Crippen LogP contribution < -0.4 is 14.7 Å². The van der Waals surface area contributed by atoms with Crippen LogP contribution in [0.5, 0.6) is 0 Å². The summed E-state index contributed by atoms with van der Waals surface area (Å²) in [4.78, 5) is 25.4.